The van der Waals surface area contributed by atoms with Gasteiger partial charge in [-0.15, -0.1) is 0 Å². The Kier molecular flexibility index (Phi) is 7.82. The molecule has 0 aliphatic carbocycles. The second kappa shape index (κ2) is 8.86. The third-order valence-electron chi connectivity index (χ3n) is 3.77. The van der Waals surface area contributed by atoms with Crippen molar-refractivity contribution in [3.05, 3.63) is 0 Å². The minimum atomic E-state index is -0.385. The lowest BCUT2D eigenvalue weighted by Gasteiger charge is -2.38. The number of likely N-dealkylation sites (tertiary alicyclic amines) is 1. The van der Waals surface area contributed by atoms with Crippen molar-refractivity contribution in [3.8, 4) is 0 Å². The molecular formula is C14H30N2O2. The molecule has 0 saturated carbocycles. The van der Waals surface area contributed by atoms with E-state index in [1.54, 1.807) is 0 Å². The Labute approximate surface area is 111 Å². The standard InChI is InChI=1S/C14H30N2O2/c1-3-4-7-18-11-14(17)10-16-6-5-12(2)8-13(16)9-15/h12-14,17H,3-11,15H2,1-2H3. The second-order valence-electron chi connectivity index (χ2n) is 5.60. The predicted molar refractivity (Wildman–Crippen MR) is 74.5 cm³/mol. The van der Waals surface area contributed by atoms with Crippen LogP contribution in [0, 0.1) is 5.92 Å². The summed E-state index contributed by atoms with van der Waals surface area (Å²) in [6, 6.07) is 0.430. The highest BCUT2D eigenvalue weighted by Gasteiger charge is 2.26. The van der Waals surface area contributed by atoms with E-state index in [9.17, 15) is 5.11 Å². The molecule has 0 aromatic heterocycles. The number of aliphatic hydroxyl groups is 1. The van der Waals surface area contributed by atoms with Gasteiger partial charge < -0.3 is 15.6 Å². The zero-order valence-electron chi connectivity index (χ0n) is 12.0. The molecule has 3 unspecified atom stereocenters. The Balaban J connectivity index is 2.22. The summed E-state index contributed by atoms with van der Waals surface area (Å²) in [6.45, 7) is 8.06. The zero-order chi connectivity index (χ0) is 13.4. The van der Waals surface area contributed by atoms with E-state index in [1.807, 2.05) is 0 Å². The Morgan fingerprint density at radius 3 is 2.94 bits per heavy atom. The van der Waals surface area contributed by atoms with Crippen LogP contribution >= 0.6 is 0 Å². The number of hydrogen-bond acceptors (Lipinski definition) is 4. The van der Waals surface area contributed by atoms with Gasteiger partial charge in [0.15, 0.2) is 0 Å². The minimum Gasteiger partial charge on any atom is -0.389 e. The summed E-state index contributed by atoms with van der Waals surface area (Å²) in [6.07, 6.45) is 4.18. The number of rotatable bonds is 8. The van der Waals surface area contributed by atoms with Gasteiger partial charge in [-0.2, -0.15) is 0 Å². The van der Waals surface area contributed by atoms with E-state index in [1.165, 1.54) is 6.42 Å². The van der Waals surface area contributed by atoms with Crippen molar-refractivity contribution in [2.75, 3.05) is 32.8 Å². The Hall–Kier alpha value is -0.160. The molecule has 1 fully saturated rings. The Morgan fingerprint density at radius 1 is 1.50 bits per heavy atom. The largest absolute Gasteiger partial charge is 0.389 e. The van der Waals surface area contributed by atoms with E-state index in [0.29, 0.717) is 25.7 Å². The fourth-order valence-corrected chi connectivity index (χ4v) is 2.57. The predicted octanol–water partition coefficient (Wildman–Crippen LogP) is 1.22. The average molecular weight is 258 g/mol. The monoisotopic (exact) mass is 258 g/mol. The van der Waals surface area contributed by atoms with Gasteiger partial charge in [0, 0.05) is 25.7 Å². The van der Waals surface area contributed by atoms with Crippen LogP contribution in [0.25, 0.3) is 0 Å². The lowest BCUT2D eigenvalue weighted by Crippen LogP contribution is -2.49. The van der Waals surface area contributed by atoms with Crippen molar-refractivity contribution in [3.63, 3.8) is 0 Å². The van der Waals surface area contributed by atoms with Gasteiger partial charge in [-0.1, -0.05) is 20.3 Å². The number of β-amino-alcohol motifs (C(OH)–C–C–N with tert-alkyl or cyclic N) is 1. The Morgan fingerprint density at radius 2 is 2.28 bits per heavy atom. The first-order valence-electron chi connectivity index (χ1n) is 7.37. The fraction of sp³-hybridized carbons (Fsp3) is 1.00. The summed E-state index contributed by atoms with van der Waals surface area (Å²) in [5.74, 6) is 0.757. The molecule has 1 aliphatic heterocycles. The van der Waals surface area contributed by atoms with Crippen LogP contribution in [0.3, 0.4) is 0 Å². The fourth-order valence-electron chi connectivity index (χ4n) is 2.57. The number of nitrogens with zero attached hydrogens (tertiary/aromatic N) is 1. The lowest BCUT2D eigenvalue weighted by atomic mass is 9.92. The molecule has 108 valence electrons. The SMILES string of the molecule is CCCCOCC(O)CN1CCC(C)CC1CN. The van der Waals surface area contributed by atoms with E-state index in [2.05, 4.69) is 18.7 Å². The van der Waals surface area contributed by atoms with Crippen LogP contribution in [-0.2, 0) is 4.74 Å². The van der Waals surface area contributed by atoms with Crippen LogP contribution in [0.4, 0.5) is 0 Å². The normalized spacial score (nSPS) is 27.3. The molecule has 0 aromatic rings. The molecule has 1 heterocycles. The molecule has 4 heteroatoms. The van der Waals surface area contributed by atoms with E-state index in [4.69, 9.17) is 10.5 Å². The maximum atomic E-state index is 9.97. The quantitative estimate of drug-likeness (QED) is 0.643. The van der Waals surface area contributed by atoms with Gasteiger partial charge in [-0.25, -0.2) is 0 Å². The first-order chi connectivity index (χ1) is 8.67. The molecule has 4 nitrogen and oxygen atoms in total. The molecule has 1 saturated heterocycles. The summed E-state index contributed by atoms with van der Waals surface area (Å²) in [4.78, 5) is 2.33. The summed E-state index contributed by atoms with van der Waals surface area (Å²) >= 11 is 0. The van der Waals surface area contributed by atoms with E-state index >= 15 is 0 Å². The number of hydrogen-bond donors (Lipinski definition) is 2. The highest BCUT2D eigenvalue weighted by molar-refractivity contribution is 4.82. The first kappa shape index (κ1) is 15.9. The molecule has 0 radical (unpaired) electrons. The number of ether oxygens (including phenoxy) is 1. The number of nitrogens with two attached hydrogens (primary N) is 1. The van der Waals surface area contributed by atoms with Gasteiger partial charge in [-0.05, 0) is 31.7 Å². The molecule has 0 aromatic carbocycles. The van der Waals surface area contributed by atoms with Crippen molar-refractivity contribution in [2.45, 2.75) is 51.7 Å². The molecule has 0 bridgehead atoms. The van der Waals surface area contributed by atoms with Crippen molar-refractivity contribution in [2.24, 2.45) is 11.7 Å². The summed E-state index contributed by atoms with van der Waals surface area (Å²) in [7, 11) is 0. The summed E-state index contributed by atoms with van der Waals surface area (Å²) < 4.78 is 5.46. The Bertz CT molecular complexity index is 214. The maximum absolute atomic E-state index is 9.97. The lowest BCUT2D eigenvalue weighted by molar-refractivity contribution is -0.00172. The van der Waals surface area contributed by atoms with Gasteiger partial charge in [0.1, 0.15) is 0 Å². The molecular weight excluding hydrogens is 228 g/mol. The molecule has 3 atom stereocenters. The molecule has 0 amide bonds. The van der Waals surface area contributed by atoms with Gasteiger partial charge in [-0.3, -0.25) is 4.90 Å². The van der Waals surface area contributed by atoms with Gasteiger partial charge in [0.2, 0.25) is 0 Å². The van der Waals surface area contributed by atoms with Crippen molar-refractivity contribution in [1.82, 2.24) is 4.90 Å². The third-order valence-corrected chi connectivity index (χ3v) is 3.77. The van der Waals surface area contributed by atoms with E-state index in [0.717, 1.165) is 38.3 Å². The van der Waals surface area contributed by atoms with Crippen LogP contribution in [0.1, 0.15) is 39.5 Å². The highest BCUT2D eigenvalue weighted by atomic mass is 16.5. The van der Waals surface area contributed by atoms with Crippen molar-refractivity contribution in [1.29, 1.82) is 0 Å². The second-order valence-corrected chi connectivity index (χ2v) is 5.60. The van der Waals surface area contributed by atoms with E-state index < -0.39 is 0 Å². The van der Waals surface area contributed by atoms with Crippen LogP contribution < -0.4 is 5.73 Å². The third kappa shape index (κ3) is 5.65. The number of piperidine rings is 1. The number of aliphatic hydroxyl groups excluding tert-OH is 1. The van der Waals surface area contributed by atoms with Crippen LogP contribution in [0.2, 0.25) is 0 Å². The minimum absolute atomic E-state index is 0.385. The molecule has 1 rings (SSSR count). The molecule has 1 aliphatic rings. The van der Waals surface area contributed by atoms with Crippen LogP contribution in [-0.4, -0.2) is 55.0 Å². The summed E-state index contributed by atoms with van der Waals surface area (Å²) in [5.41, 5.74) is 5.82. The average Bonchev–Trinajstić information content (AvgIpc) is 2.37. The molecule has 0 spiro atoms. The molecule has 3 N–H and O–H groups in total. The first-order valence-corrected chi connectivity index (χ1v) is 7.37. The van der Waals surface area contributed by atoms with Crippen LogP contribution in [0.15, 0.2) is 0 Å². The topological polar surface area (TPSA) is 58.7 Å². The van der Waals surface area contributed by atoms with Crippen LogP contribution in [0.5, 0.6) is 0 Å². The zero-order valence-corrected chi connectivity index (χ0v) is 12.0. The maximum Gasteiger partial charge on any atom is 0.0900 e. The molecule has 18 heavy (non-hydrogen) atoms. The van der Waals surface area contributed by atoms with Gasteiger partial charge in [0.25, 0.3) is 0 Å². The number of unbranched alkanes of at least 4 members (excludes halogenated alkanes) is 1. The highest BCUT2D eigenvalue weighted by Crippen LogP contribution is 2.21. The van der Waals surface area contributed by atoms with Gasteiger partial charge in [0.05, 0.1) is 12.7 Å². The van der Waals surface area contributed by atoms with E-state index in [-0.39, 0.29) is 6.10 Å². The smallest absolute Gasteiger partial charge is 0.0900 e. The van der Waals surface area contributed by atoms with Crippen molar-refractivity contribution >= 4 is 0 Å². The van der Waals surface area contributed by atoms with Crippen molar-refractivity contribution < 1.29 is 9.84 Å². The van der Waals surface area contributed by atoms with Gasteiger partial charge >= 0.3 is 0 Å². The summed E-state index contributed by atoms with van der Waals surface area (Å²) in [5, 5.41) is 9.97.